The molecule has 14 heavy (non-hydrogen) atoms. The van der Waals surface area contributed by atoms with Crippen LogP contribution in [0.2, 0.25) is 0 Å². The Morgan fingerprint density at radius 3 is 2.79 bits per heavy atom. The molecule has 5 heteroatoms. The second-order valence-electron chi connectivity index (χ2n) is 2.95. The Kier molecular flexibility index (Phi) is 1.85. The molecule has 1 aliphatic carbocycles. The second-order valence-corrected chi connectivity index (χ2v) is 2.95. The number of carbonyl (C=O) groups excluding carboxylic acids is 1. The molecule has 0 amide bonds. The molecule has 0 atom stereocenters. The van der Waals surface area contributed by atoms with E-state index < -0.39 is 11.0 Å². The highest BCUT2D eigenvalue weighted by Gasteiger charge is 2.11. The lowest BCUT2D eigenvalue weighted by atomic mass is 10.0. The van der Waals surface area contributed by atoms with Crippen LogP contribution >= 0.6 is 0 Å². The largest absolute Gasteiger partial charge is 0.311 e. The second kappa shape index (κ2) is 3.02. The Labute approximate surface area is 78.1 Å². The fraction of sp³-hybridized carbons (Fsp3) is 0.111. The van der Waals surface area contributed by atoms with Crippen molar-refractivity contribution >= 4 is 11.9 Å². The average molecular weight is 190 g/mol. The summed E-state index contributed by atoms with van der Waals surface area (Å²) >= 11 is 0. The van der Waals surface area contributed by atoms with E-state index in [1.54, 1.807) is 0 Å². The lowest BCUT2D eigenvalue weighted by molar-refractivity contribution is -0.114. The molecule has 0 unspecified atom stereocenters. The van der Waals surface area contributed by atoms with Gasteiger partial charge in [0.2, 0.25) is 5.43 Å². The first-order chi connectivity index (χ1) is 6.66. The molecule has 1 N–H and O–H groups in total. The summed E-state index contributed by atoms with van der Waals surface area (Å²) in [7, 11) is 0. The molecular weight excluding hydrogens is 184 g/mol. The van der Waals surface area contributed by atoms with E-state index in [0.29, 0.717) is 11.3 Å². The van der Waals surface area contributed by atoms with Crippen LogP contribution in [0.4, 0.5) is 0 Å². The van der Waals surface area contributed by atoms with Gasteiger partial charge in [-0.05, 0) is 23.8 Å². The number of H-pyrrole nitrogens is 1. The van der Waals surface area contributed by atoms with Crippen LogP contribution in [0.25, 0.3) is 6.08 Å². The van der Waals surface area contributed by atoms with Crippen molar-refractivity contribution in [1.82, 2.24) is 10.2 Å². The normalized spacial score (nSPS) is 13.9. The van der Waals surface area contributed by atoms with Crippen LogP contribution < -0.4 is 11.0 Å². The molecule has 0 saturated carbocycles. The molecule has 0 aliphatic heterocycles. The number of hydrogen-bond donors (Lipinski definition) is 1. The van der Waals surface area contributed by atoms with Gasteiger partial charge in [-0.2, -0.15) is 5.10 Å². The highest BCUT2D eigenvalue weighted by atomic mass is 16.2. The first-order valence-corrected chi connectivity index (χ1v) is 4.00. The zero-order valence-corrected chi connectivity index (χ0v) is 7.11. The van der Waals surface area contributed by atoms with Crippen molar-refractivity contribution in [2.45, 2.75) is 6.42 Å². The predicted molar refractivity (Wildman–Crippen MR) is 48.9 cm³/mol. The topological polar surface area (TPSA) is 79.9 Å². The molecular formula is C9H6N2O3. The zero-order chi connectivity index (χ0) is 10.1. The number of allylic oxidation sites excluding steroid dienone is 1. The summed E-state index contributed by atoms with van der Waals surface area (Å²) in [6, 6.07) is 1.16. The van der Waals surface area contributed by atoms with Crippen LogP contribution in [-0.2, 0) is 11.2 Å². The molecule has 0 fully saturated rings. The fourth-order valence-corrected chi connectivity index (χ4v) is 1.24. The van der Waals surface area contributed by atoms with Gasteiger partial charge < -0.3 is 0 Å². The molecule has 0 radical (unpaired) electrons. The van der Waals surface area contributed by atoms with Gasteiger partial charge in [-0.25, -0.2) is 5.10 Å². The molecule has 1 heterocycles. The first-order valence-electron chi connectivity index (χ1n) is 4.00. The van der Waals surface area contributed by atoms with E-state index in [4.69, 9.17) is 0 Å². The lowest BCUT2D eigenvalue weighted by Gasteiger charge is -2.02. The predicted octanol–water partition coefficient (Wildman–Crippen LogP) is -0.732. The third kappa shape index (κ3) is 1.39. The number of ketones is 1. The zero-order valence-electron chi connectivity index (χ0n) is 7.11. The molecule has 0 aromatic carbocycles. The quantitative estimate of drug-likeness (QED) is 0.547. The van der Waals surface area contributed by atoms with E-state index in [1.165, 1.54) is 12.2 Å². The molecule has 0 saturated heterocycles. The number of nitrogens with zero attached hydrogens (tertiary/aromatic N) is 1. The maximum atomic E-state index is 11.1. The maximum absolute atomic E-state index is 11.1. The van der Waals surface area contributed by atoms with Crippen LogP contribution in [-0.4, -0.2) is 16.0 Å². The van der Waals surface area contributed by atoms with Crippen LogP contribution in [0, 0.1) is 0 Å². The van der Waals surface area contributed by atoms with E-state index in [-0.39, 0.29) is 12.2 Å². The highest BCUT2D eigenvalue weighted by Crippen LogP contribution is 2.10. The van der Waals surface area contributed by atoms with Gasteiger partial charge in [0.05, 0.1) is 5.69 Å². The van der Waals surface area contributed by atoms with Gasteiger partial charge >= 0.3 is 5.56 Å². The minimum absolute atomic E-state index is 0.0997. The molecule has 5 nitrogen and oxygen atoms in total. The van der Waals surface area contributed by atoms with E-state index >= 15 is 0 Å². The summed E-state index contributed by atoms with van der Waals surface area (Å²) in [6.45, 7) is 0. The number of aromatic nitrogens is 2. The molecule has 0 bridgehead atoms. The lowest BCUT2D eigenvalue weighted by Crippen LogP contribution is -2.23. The van der Waals surface area contributed by atoms with Gasteiger partial charge in [0.15, 0.2) is 5.78 Å². The number of hydrogen-bond acceptors (Lipinski definition) is 4. The van der Waals surface area contributed by atoms with Crippen molar-refractivity contribution in [2.75, 3.05) is 0 Å². The molecule has 1 aromatic rings. The van der Waals surface area contributed by atoms with Gasteiger partial charge in [-0.3, -0.25) is 14.4 Å². The van der Waals surface area contributed by atoms with Crippen LogP contribution in [0.3, 0.4) is 0 Å². The summed E-state index contributed by atoms with van der Waals surface area (Å²) in [6.07, 6.45) is 2.98. The fourth-order valence-electron chi connectivity index (χ4n) is 1.24. The number of rotatable bonds is 0. The average Bonchev–Trinajstić information content (AvgIpc) is 2.27. The number of nitrogens with one attached hydrogen (secondary N) is 1. The first kappa shape index (κ1) is 8.55. The Morgan fingerprint density at radius 2 is 2.00 bits per heavy atom. The van der Waals surface area contributed by atoms with Gasteiger partial charge in [-0.1, -0.05) is 0 Å². The van der Waals surface area contributed by atoms with E-state index in [0.717, 1.165) is 6.07 Å². The van der Waals surface area contributed by atoms with Crippen LogP contribution in [0.5, 0.6) is 0 Å². The summed E-state index contributed by atoms with van der Waals surface area (Å²) < 4.78 is 0. The summed E-state index contributed by atoms with van der Waals surface area (Å²) in [5.41, 5.74) is -0.508. The van der Waals surface area contributed by atoms with Crippen molar-refractivity contribution in [1.29, 1.82) is 0 Å². The standard InChI is InChI=1S/C9H6N2O3/c12-6-1-2-7-5(3-6)4-8(13)9(14)11-10-7/h1-2,4H,3H2,(H,11,13,14). The maximum Gasteiger partial charge on any atom is 0.311 e. The monoisotopic (exact) mass is 190 g/mol. The van der Waals surface area contributed by atoms with Gasteiger partial charge in [0.1, 0.15) is 0 Å². The minimum atomic E-state index is -0.778. The summed E-state index contributed by atoms with van der Waals surface area (Å²) in [5, 5.41) is 5.79. The Hall–Kier alpha value is -2.04. The van der Waals surface area contributed by atoms with Crippen LogP contribution in [0.1, 0.15) is 11.3 Å². The number of carbonyl (C=O) groups is 1. The minimum Gasteiger partial charge on any atom is -0.294 e. The van der Waals surface area contributed by atoms with Crippen molar-refractivity contribution in [3.05, 3.63) is 44.0 Å². The molecule has 70 valence electrons. The van der Waals surface area contributed by atoms with Crippen molar-refractivity contribution < 1.29 is 4.79 Å². The summed E-state index contributed by atoms with van der Waals surface area (Å²) in [4.78, 5) is 33.0. The Bertz CT molecular complexity index is 542. The van der Waals surface area contributed by atoms with E-state index in [9.17, 15) is 14.4 Å². The Balaban J connectivity index is 2.77. The number of fused-ring (bicyclic) bond motifs is 1. The third-order valence-electron chi connectivity index (χ3n) is 1.93. The third-order valence-corrected chi connectivity index (χ3v) is 1.93. The van der Waals surface area contributed by atoms with E-state index in [1.807, 2.05) is 0 Å². The van der Waals surface area contributed by atoms with Gasteiger partial charge in [0.25, 0.3) is 0 Å². The smallest absolute Gasteiger partial charge is 0.294 e. The van der Waals surface area contributed by atoms with Crippen LogP contribution in [0.15, 0.2) is 21.7 Å². The molecule has 0 spiro atoms. The molecule has 1 aromatic heterocycles. The molecule has 1 aliphatic rings. The van der Waals surface area contributed by atoms with Gasteiger partial charge in [0, 0.05) is 6.42 Å². The molecule has 2 rings (SSSR count). The van der Waals surface area contributed by atoms with Crippen molar-refractivity contribution in [3.8, 4) is 0 Å². The van der Waals surface area contributed by atoms with Crippen molar-refractivity contribution in [2.24, 2.45) is 0 Å². The van der Waals surface area contributed by atoms with E-state index in [2.05, 4.69) is 10.2 Å². The summed E-state index contributed by atoms with van der Waals surface area (Å²) in [5.74, 6) is -0.0997. The highest BCUT2D eigenvalue weighted by molar-refractivity contribution is 5.97. The van der Waals surface area contributed by atoms with Crippen molar-refractivity contribution in [3.63, 3.8) is 0 Å². The number of aromatic amines is 1. The Morgan fingerprint density at radius 1 is 1.21 bits per heavy atom. The van der Waals surface area contributed by atoms with Gasteiger partial charge in [-0.15, -0.1) is 0 Å². The SMILES string of the molecule is O=C1C=Cc2n[nH]c(=O)c(=O)cc2C1.